The molecule has 0 fully saturated rings. The van der Waals surface area contributed by atoms with Crippen LogP contribution in [-0.2, 0) is 4.79 Å². The van der Waals surface area contributed by atoms with Crippen LogP contribution in [0.4, 0.5) is 0 Å². The molecule has 0 aliphatic carbocycles. The van der Waals surface area contributed by atoms with Crippen molar-refractivity contribution >= 4 is 5.97 Å². The van der Waals surface area contributed by atoms with Gasteiger partial charge in [0.2, 0.25) is 0 Å². The number of rotatable bonds is 4. The number of hydrogen-bond donors (Lipinski definition) is 2. The lowest BCUT2D eigenvalue weighted by Crippen LogP contribution is -2.31. The second-order valence-corrected chi connectivity index (χ2v) is 4.21. The first-order chi connectivity index (χ1) is 7.39. The molecule has 2 N–H and O–H groups in total. The number of carboxylic acids is 1. The summed E-state index contributed by atoms with van der Waals surface area (Å²) in [5, 5.41) is 19.0. The molecule has 88 valence electrons. The van der Waals surface area contributed by atoms with Crippen LogP contribution in [0.25, 0.3) is 0 Å². The van der Waals surface area contributed by atoms with Crippen molar-refractivity contribution < 1.29 is 19.7 Å². The van der Waals surface area contributed by atoms with E-state index in [1.807, 2.05) is 0 Å². The van der Waals surface area contributed by atoms with E-state index < -0.39 is 17.5 Å². The fourth-order valence-electron chi connectivity index (χ4n) is 1.35. The summed E-state index contributed by atoms with van der Waals surface area (Å²) < 4.78 is 5.02. The van der Waals surface area contributed by atoms with Crippen LogP contribution in [-0.4, -0.2) is 23.3 Å². The van der Waals surface area contributed by atoms with Gasteiger partial charge in [0.05, 0.1) is 18.6 Å². The van der Waals surface area contributed by atoms with E-state index in [0.717, 1.165) is 0 Å². The molecule has 0 saturated carbocycles. The van der Waals surface area contributed by atoms with Gasteiger partial charge in [-0.25, -0.2) is 0 Å². The Bertz CT molecular complexity index is 384. The number of aliphatic hydroxyl groups is 1. The van der Waals surface area contributed by atoms with Crippen LogP contribution in [0.5, 0.6) is 5.75 Å². The molecule has 1 atom stereocenters. The molecule has 1 unspecified atom stereocenters. The summed E-state index contributed by atoms with van der Waals surface area (Å²) in [6.07, 6.45) is -1.07. The minimum absolute atomic E-state index is 0.534. The number of benzene rings is 1. The third-order valence-corrected chi connectivity index (χ3v) is 2.64. The van der Waals surface area contributed by atoms with Crippen molar-refractivity contribution in [2.45, 2.75) is 20.0 Å². The van der Waals surface area contributed by atoms with Gasteiger partial charge in [-0.3, -0.25) is 4.79 Å². The highest BCUT2D eigenvalue weighted by atomic mass is 16.5. The standard InChI is InChI=1S/C12H16O4/c1-12(2,11(14)15)10(13)8-5-4-6-9(7-8)16-3/h4-7,10,13H,1-3H3,(H,14,15). The maximum Gasteiger partial charge on any atom is 0.312 e. The Hall–Kier alpha value is -1.55. The van der Waals surface area contributed by atoms with E-state index in [4.69, 9.17) is 9.84 Å². The molecule has 1 aromatic carbocycles. The minimum Gasteiger partial charge on any atom is -0.497 e. The van der Waals surface area contributed by atoms with Gasteiger partial charge in [0.15, 0.2) is 0 Å². The average molecular weight is 224 g/mol. The molecule has 4 nitrogen and oxygen atoms in total. The summed E-state index contributed by atoms with van der Waals surface area (Å²) in [6.45, 7) is 2.97. The van der Waals surface area contributed by atoms with Gasteiger partial charge in [0, 0.05) is 0 Å². The summed E-state index contributed by atoms with van der Waals surface area (Å²) in [5.74, 6) is -0.444. The van der Waals surface area contributed by atoms with Gasteiger partial charge < -0.3 is 14.9 Å². The van der Waals surface area contributed by atoms with Crippen molar-refractivity contribution in [3.05, 3.63) is 29.8 Å². The fraction of sp³-hybridized carbons (Fsp3) is 0.417. The summed E-state index contributed by atoms with van der Waals surface area (Å²) >= 11 is 0. The number of aliphatic hydroxyl groups excluding tert-OH is 1. The molecule has 0 spiro atoms. The fourth-order valence-corrected chi connectivity index (χ4v) is 1.35. The molecular formula is C12H16O4. The molecule has 0 amide bonds. The second-order valence-electron chi connectivity index (χ2n) is 4.21. The Morgan fingerprint density at radius 3 is 2.56 bits per heavy atom. The van der Waals surface area contributed by atoms with Gasteiger partial charge in [-0.1, -0.05) is 12.1 Å². The van der Waals surface area contributed by atoms with Crippen molar-refractivity contribution in [1.29, 1.82) is 0 Å². The molecule has 0 saturated heterocycles. The molecular weight excluding hydrogens is 208 g/mol. The lowest BCUT2D eigenvalue weighted by Gasteiger charge is -2.26. The zero-order chi connectivity index (χ0) is 12.3. The molecule has 16 heavy (non-hydrogen) atoms. The highest BCUT2D eigenvalue weighted by molar-refractivity contribution is 5.74. The van der Waals surface area contributed by atoms with Gasteiger partial charge in [0.25, 0.3) is 0 Å². The molecule has 0 aromatic heterocycles. The van der Waals surface area contributed by atoms with Crippen LogP contribution in [0.1, 0.15) is 25.5 Å². The number of aliphatic carboxylic acids is 1. The van der Waals surface area contributed by atoms with E-state index in [-0.39, 0.29) is 0 Å². The normalized spacial score (nSPS) is 13.2. The van der Waals surface area contributed by atoms with Gasteiger partial charge in [-0.15, -0.1) is 0 Å². The summed E-state index contributed by atoms with van der Waals surface area (Å²) in [7, 11) is 1.52. The Morgan fingerprint density at radius 1 is 1.44 bits per heavy atom. The largest absolute Gasteiger partial charge is 0.497 e. The third kappa shape index (κ3) is 2.33. The summed E-state index contributed by atoms with van der Waals surface area (Å²) in [4.78, 5) is 11.0. The molecule has 0 aliphatic rings. The Labute approximate surface area is 94.5 Å². The first-order valence-corrected chi connectivity index (χ1v) is 4.95. The van der Waals surface area contributed by atoms with Crippen LogP contribution >= 0.6 is 0 Å². The van der Waals surface area contributed by atoms with Crippen molar-refractivity contribution in [3.8, 4) is 5.75 Å². The highest BCUT2D eigenvalue weighted by Gasteiger charge is 2.36. The van der Waals surface area contributed by atoms with Crippen LogP contribution < -0.4 is 4.74 Å². The molecule has 1 aromatic rings. The first-order valence-electron chi connectivity index (χ1n) is 4.95. The van der Waals surface area contributed by atoms with Crippen LogP contribution in [0.2, 0.25) is 0 Å². The van der Waals surface area contributed by atoms with Crippen LogP contribution in [0, 0.1) is 5.41 Å². The predicted molar refractivity (Wildman–Crippen MR) is 59.4 cm³/mol. The van der Waals surface area contributed by atoms with Gasteiger partial charge in [-0.2, -0.15) is 0 Å². The quantitative estimate of drug-likeness (QED) is 0.819. The van der Waals surface area contributed by atoms with Crippen molar-refractivity contribution in [1.82, 2.24) is 0 Å². The minimum atomic E-state index is -1.23. The second kappa shape index (κ2) is 4.53. The first kappa shape index (κ1) is 12.5. The van der Waals surface area contributed by atoms with E-state index in [1.165, 1.54) is 21.0 Å². The Kier molecular flexibility index (Phi) is 3.55. The molecule has 0 aliphatic heterocycles. The van der Waals surface area contributed by atoms with E-state index in [2.05, 4.69) is 0 Å². The van der Waals surface area contributed by atoms with E-state index in [1.54, 1.807) is 24.3 Å². The van der Waals surface area contributed by atoms with Gasteiger partial charge >= 0.3 is 5.97 Å². The van der Waals surface area contributed by atoms with E-state index in [9.17, 15) is 9.90 Å². The highest BCUT2D eigenvalue weighted by Crippen LogP contribution is 2.34. The zero-order valence-corrected chi connectivity index (χ0v) is 9.60. The number of hydrogen-bond acceptors (Lipinski definition) is 3. The van der Waals surface area contributed by atoms with E-state index >= 15 is 0 Å². The Morgan fingerprint density at radius 2 is 2.06 bits per heavy atom. The smallest absolute Gasteiger partial charge is 0.312 e. The maximum atomic E-state index is 11.0. The number of carbonyl (C=O) groups is 1. The van der Waals surface area contributed by atoms with Gasteiger partial charge in [-0.05, 0) is 31.5 Å². The Balaban J connectivity index is 3.04. The van der Waals surface area contributed by atoms with Gasteiger partial charge in [0.1, 0.15) is 5.75 Å². The zero-order valence-electron chi connectivity index (χ0n) is 9.60. The molecule has 0 radical (unpaired) electrons. The van der Waals surface area contributed by atoms with Crippen molar-refractivity contribution in [2.75, 3.05) is 7.11 Å². The van der Waals surface area contributed by atoms with Crippen LogP contribution in [0.15, 0.2) is 24.3 Å². The predicted octanol–water partition coefficient (Wildman–Crippen LogP) is 1.84. The van der Waals surface area contributed by atoms with Crippen molar-refractivity contribution in [3.63, 3.8) is 0 Å². The average Bonchev–Trinajstić information content (AvgIpc) is 2.27. The molecule has 0 heterocycles. The maximum absolute atomic E-state index is 11.0. The van der Waals surface area contributed by atoms with E-state index in [0.29, 0.717) is 11.3 Å². The SMILES string of the molecule is COc1cccc(C(O)C(C)(C)C(=O)O)c1. The molecule has 4 heteroatoms. The summed E-state index contributed by atoms with van der Waals surface area (Å²) in [5.41, 5.74) is -0.696. The topological polar surface area (TPSA) is 66.8 Å². The number of methoxy groups -OCH3 is 1. The number of carboxylic acid groups (broad SMARTS) is 1. The van der Waals surface area contributed by atoms with Crippen molar-refractivity contribution in [2.24, 2.45) is 5.41 Å². The lowest BCUT2D eigenvalue weighted by atomic mass is 9.83. The molecule has 1 rings (SSSR count). The third-order valence-electron chi connectivity index (χ3n) is 2.64. The van der Waals surface area contributed by atoms with Crippen LogP contribution in [0.3, 0.4) is 0 Å². The lowest BCUT2D eigenvalue weighted by molar-refractivity contribution is -0.153. The molecule has 0 bridgehead atoms. The summed E-state index contributed by atoms with van der Waals surface area (Å²) in [6, 6.07) is 6.77. The monoisotopic (exact) mass is 224 g/mol. The number of ether oxygens (including phenoxy) is 1.